The van der Waals surface area contributed by atoms with E-state index in [0.29, 0.717) is 5.56 Å². The van der Waals surface area contributed by atoms with Crippen LogP contribution in [0.25, 0.3) is 0 Å². The number of ether oxygens (including phenoxy) is 3. The zero-order valence-electron chi connectivity index (χ0n) is 12.5. The molecule has 0 heterocycles. The van der Waals surface area contributed by atoms with E-state index in [1.807, 2.05) is 0 Å². The molecule has 0 saturated carbocycles. The largest absolute Gasteiger partial charge is 0.482 e. The molecule has 0 aliphatic rings. The second-order valence-corrected chi connectivity index (χ2v) is 4.60. The number of carbonyl (C=O) groups excluding carboxylic acids is 2. The number of hydrogen-bond donors (Lipinski definition) is 0. The molecule has 0 N–H and O–H groups in total. The smallest absolute Gasteiger partial charge is 0.344 e. The van der Waals surface area contributed by atoms with Crippen molar-refractivity contribution in [2.24, 2.45) is 0 Å². The van der Waals surface area contributed by atoms with Crippen LogP contribution in [-0.2, 0) is 20.9 Å². The molecule has 2 aromatic carbocycles. The van der Waals surface area contributed by atoms with Crippen LogP contribution >= 0.6 is 0 Å². The van der Waals surface area contributed by atoms with Gasteiger partial charge in [0.15, 0.2) is 6.61 Å². The summed E-state index contributed by atoms with van der Waals surface area (Å²) in [7, 11) is 1.30. The molecule has 0 aliphatic carbocycles. The lowest BCUT2D eigenvalue weighted by Crippen LogP contribution is -2.14. The molecule has 120 valence electrons. The molecule has 0 radical (unpaired) electrons. The first-order valence-electron chi connectivity index (χ1n) is 6.80. The van der Waals surface area contributed by atoms with Crippen LogP contribution in [0.1, 0.15) is 15.9 Å². The van der Waals surface area contributed by atoms with Gasteiger partial charge in [-0.2, -0.15) is 0 Å². The molecule has 0 amide bonds. The highest BCUT2D eigenvalue weighted by atomic mass is 19.1. The summed E-state index contributed by atoms with van der Waals surface area (Å²) in [5, 5.41) is 0. The van der Waals surface area contributed by atoms with Crippen molar-refractivity contribution >= 4 is 11.9 Å². The summed E-state index contributed by atoms with van der Waals surface area (Å²) in [6.07, 6.45) is 0. The van der Waals surface area contributed by atoms with E-state index in [1.165, 1.54) is 25.3 Å². The van der Waals surface area contributed by atoms with E-state index >= 15 is 0 Å². The van der Waals surface area contributed by atoms with Gasteiger partial charge in [0.2, 0.25) is 0 Å². The van der Waals surface area contributed by atoms with Gasteiger partial charge in [-0.1, -0.05) is 18.2 Å². The molecule has 0 spiro atoms. The molecule has 2 aromatic rings. The third-order valence-electron chi connectivity index (χ3n) is 2.93. The fraction of sp³-hybridized carbons (Fsp3) is 0.176. The summed E-state index contributed by atoms with van der Waals surface area (Å²) in [4.78, 5) is 22.9. The summed E-state index contributed by atoms with van der Waals surface area (Å²) in [6, 6.07) is 12.0. The zero-order chi connectivity index (χ0) is 16.7. The minimum absolute atomic E-state index is 0.0484. The first-order valence-corrected chi connectivity index (χ1v) is 6.80. The Morgan fingerprint density at radius 2 is 1.83 bits per heavy atom. The highest BCUT2D eigenvalue weighted by molar-refractivity contribution is 5.89. The van der Waals surface area contributed by atoms with Crippen molar-refractivity contribution in [3.05, 3.63) is 65.5 Å². The number of methoxy groups -OCH3 is 1. The van der Waals surface area contributed by atoms with Crippen molar-refractivity contribution in [2.45, 2.75) is 6.61 Å². The lowest BCUT2D eigenvalue weighted by atomic mass is 10.1. The second-order valence-electron chi connectivity index (χ2n) is 4.60. The van der Waals surface area contributed by atoms with Crippen LogP contribution in [0.3, 0.4) is 0 Å². The van der Waals surface area contributed by atoms with Crippen molar-refractivity contribution in [3.8, 4) is 5.75 Å². The molecule has 0 saturated heterocycles. The normalized spacial score (nSPS) is 10.0. The number of benzene rings is 2. The Morgan fingerprint density at radius 3 is 2.48 bits per heavy atom. The first kappa shape index (κ1) is 16.5. The molecule has 5 nitrogen and oxygen atoms in total. The summed E-state index contributed by atoms with van der Waals surface area (Å²) < 4.78 is 27.7. The van der Waals surface area contributed by atoms with Crippen LogP contribution in [0.4, 0.5) is 4.39 Å². The van der Waals surface area contributed by atoms with Gasteiger partial charge in [0.1, 0.15) is 18.2 Å². The zero-order valence-corrected chi connectivity index (χ0v) is 12.5. The monoisotopic (exact) mass is 318 g/mol. The van der Waals surface area contributed by atoms with Crippen LogP contribution in [-0.4, -0.2) is 25.7 Å². The standard InChI is InChI=1S/C17H15FO5/c1-21-17(20)13-7-5-12(6-8-13)10-23-16(19)11-22-15-4-2-3-14(18)9-15/h2-9H,10-11H2,1H3. The number of esters is 2. The number of hydrogen-bond acceptors (Lipinski definition) is 5. The Balaban J connectivity index is 1.79. The van der Waals surface area contributed by atoms with Crippen LogP contribution in [0.15, 0.2) is 48.5 Å². The van der Waals surface area contributed by atoms with Gasteiger partial charge >= 0.3 is 11.9 Å². The van der Waals surface area contributed by atoms with Gasteiger partial charge in [-0.25, -0.2) is 14.0 Å². The van der Waals surface area contributed by atoms with Crippen molar-refractivity contribution in [1.82, 2.24) is 0 Å². The van der Waals surface area contributed by atoms with Crippen molar-refractivity contribution in [2.75, 3.05) is 13.7 Å². The summed E-state index contributed by atoms with van der Waals surface area (Å²) in [6.45, 7) is -0.267. The van der Waals surface area contributed by atoms with Crippen LogP contribution in [0.2, 0.25) is 0 Å². The Kier molecular flexibility index (Phi) is 5.68. The van der Waals surface area contributed by atoms with Crippen molar-refractivity contribution in [1.29, 1.82) is 0 Å². The lowest BCUT2D eigenvalue weighted by molar-refractivity contribution is -0.147. The molecule has 6 heteroatoms. The van der Waals surface area contributed by atoms with Crippen molar-refractivity contribution < 1.29 is 28.2 Å². The minimum atomic E-state index is -0.577. The van der Waals surface area contributed by atoms with E-state index in [9.17, 15) is 14.0 Å². The Labute approximate surface area is 132 Å². The van der Waals surface area contributed by atoms with Crippen molar-refractivity contribution in [3.63, 3.8) is 0 Å². The number of rotatable bonds is 6. The van der Waals surface area contributed by atoms with Gasteiger partial charge in [0.25, 0.3) is 0 Å². The fourth-order valence-electron chi connectivity index (χ4n) is 1.76. The SMILES string of the molecule is COC(=O)c1ccc(COC(=O)COc2cccc(F)c2)cc1. The van der Waals surface area contributed by atoms with E-state index in [2.05, 4.69) is 4.74 Å². The van der Waals surface area contributed by atoms with Gasteiger partial charge in [-0.3, -0.25) is 0 Å². The Bertz CT molecular complexity index is 682. The molecule has 2 rings (SSSR count). The van der Waals surface area contributed by atoms with Gasteiger partial charge in [0, 0.05) is 6.07 Å². The predicted molar refractivity (Wildman–Crippen MR) is 79.5 cm³/mol. The van der Waals surface area contributed by atoms with E-state index < -0.39 is 17.8 Å². The van der Waals surface area contributed by atoms with Crippen LogP contribution in [0.5, 0.6) is 5.75 Å². The molecule has 0 aliphatic heterocycles. The average molecular weight is 318 g/mol. The fourth-order valence-corrected chi connectivity index (χ4v) is 1.76. The third kappa shape index (κ3) is 5.10. The summed E-state index contributed by atoms with van der Waals surface area (Å²) in [5.74, 6) is -1.20. The molecular weight excluding hydrogens is 303 g/mol. The number of carbonyl (C=O) groups is 2. The summed E-state index contributed by atoms with van der Waals surface area (Å²) in [5.41, 5.74) is 1.13. The number of halogens is 1. The van der Waals surface area contributed by atoms with Gasteiger partial charge in [-0.15, -0.1) is 0 Å². The maximum absolute atomic E-state index is 12.9. The average Bonchev–Trinajstić information content (AvgIpc) is 2.58. The third-order valence-corrected chi connectivity index (χ3v) is 2.93. The highest BCUT2D eigenvalue weighted by Crippen LogP contribution is 2.12. The van der Waals surface area contributed by atoms with Crippen LogP contribution in [0, 0.1) is 5.82 Å². The van der Waals surface area contributed by atoms with Gasteiger partial charge < -0.3 is 14.2 Å². The van der Waals surface area contributed by atoms with E-state index in [0.717, 1.165) is 5.56 Å². The Hall–Kier alpha value is -2.89. The molecule has 0 bridgehead atoms. The second kappa shape index (κ2) is 7.93. The highest BCUT2D eigenvalue weighted by Gasteiger charge is 2.07. The van der Waals surface area contributed by atoms with E-state index in [4.69, 9.17) is 9.47 Å². The van der Waals surface area contributed by atoms with Gasteiger partial charge in [0.05, 0.1) is 12.7 Å². The molecule has 23 heavy (non-hydrogen) atoms. The molecule has 0 aromatic heterocycles. The maximum Gasteiger partial charge on any atom is 0.344 e. The molecular formula is C17H15FO5. The Morgan fingerprint density at radius 1 is 1.09 bits per heavy atom. The van der Waals surface area contributed by atoms with E-state index in [-0.39, 0.29) is 19.0 Å². The maximum atomic E-state index is 12.9. The van der Waals surface area contributed by atoms with Crippen LogP contribution < -0.4 is 4.74 Å². The topological polar surface area (TPSA) is 61.8 Å². The molecule has 0 atom stereocenters. The van der Waals surface area contributed by atoms with E-state index in [1.54, 1.807) is 30.3 Å². The quantitative estimate of drug-likeness (QED) is 0.766. The molecule has 0 fully saturated rings. The minimum Gasteiger partial charge on any atom is -0.482 e. The first-order chi connectivity index (χ1) is 11.1. The summed E-state index contributed by atoms with van der Waals surface area (Å²) >= 11 is 0. The molecule has 0 unspecified atom stereocenters. The predicted octanol–water partition coefficient (Wildman–Crippen LogP) is 2.73. The van der Waals surface area contributed by atoms with Gasteiger partial charge in [-0.05, 0) is 29.8 Å². The lowest BCUT2D eigenvalue weighted by Gasteiger charge is -2.07.